The molecule has 0 fully saturated rings. The molecule has 6 heteroatoms. The fourth-order valence-corrected chi connectivity index (χ4v) is 1.62. The van der Waals surface area contributed by atoms with Gasteiger partial charge in [-0.15, -0.1) is 0 Å². The Morgan fingerprint density at radius 2 is 1.11 bits per heavy atom. The quantitative estimate of drug-likeness (QED) is 0.583. The van der Waals surface area contributed by atoms with Gasteiger partial charge in [-0.05, 0) is 12.8 Å². The number of carbonyl (C=O) groups excluding carboxylic acids is 2. The SMILES string of the molecule is CC(=O)N(CCCO)CCN(CCCO)C(C)=O. The van der Waals surface area contributed by atoms with E-state index < -0.39 is 0 Å². The van der Waals surface area contributed by atoms with Gasteiger partial charge in [-0.3, -0.25) is 9.59 Å². The van der Waals surface area contributed by atoms with Gasteiger partial charge in [0.15, 0.2) is 0 Å². The van der Waals surface area contributed by atoms with Crippen LogP contribution in [0.5, 0.6) is 0 Å². The van der Waals surface area contributed by atoms with Crippen LogP contribution < -0.4 is 0 Å². The van der Waals surface area contributed by atoms with Crippen LogP contribution in [0.25, 0.3) is 0 Å². The summed E-state index contributed by atoms with van der Waals surface area (Å²) in [6.07, 6.45) is 1.08. The van der Waals surface area contributed by atoms with E-state index in [1.54, 1.807) is 9.80 Å². The van der Waals surface area contributed by atoms with Crippen molar-refractivity contribution in [2.45, 2.75) is 26.7 Å². The van der Waals surface area contributed by atoms with Gasteiger partial charge in [0, 0.05) is 53.2 Å². The van der Waals surface area contributed by atoms with Crippen LogP contribution in [0.1, 0.15) is 26.7 Å². The fourth-order valence-electron chi connectivity index (χ4n) is 1.62. The second-order valence-electron chi connectivity index (χ2n) is 4.17. The van der Waals surface area contributed by atoms with Crippen molar-refractivity contribution in [1.29, 1.82) is 0 Å². The van der Waals surface area contributed by atoms with E-state index in [0.29, 0.717) is 39.0 Å². The van der Waals surface area contributed by atoms with E-state index in [4.69, 9.17) is 10.2 Å². The molecular formula is C12H24N2O4. The second-order valence-corrected chi connectivity index (χ2v) is 4.17. The van der Waals surface area contributed by atoms with Gasteiger partial charge in [0.1, 0.15) is 0 Å². The maximum atomic E-state index is 11.3. The third-order valence-corrected chi connectivity index (χ3v) is 2.70. The van der Waals surface area contributed by atoms with Crippen molar-refractivity contribution in [3.05, 3.63) is 0 Å². The molecule has 0 aromatic heterocycles. The minimum absolute atomic E-state index is 0.0463. The summed E-state index contributed by atoms with van der Waals surface area (Å²) in [4.78, 5) is 25.9. The average molecular weight is 260 g/mol. The molecule has 0 atom stereocenters. The highest BCUT2D eigenvalue weighted by molar-refractivity contribution is 5.74. The minimum atomic E-state index is -0.0610. The zero-order valence-corrected chi connectivity index (χ0v) is 11.3. The van der Waals surface area contributed by atoms with Gasteiger partial charge in [-0.25, -0.2) is 0 Å². The lowest BCUT2D eigenvalue weighted by atomic mass is 10.3. The van der Waals surface area contributed by atoms with Crippen LogP contribution in [-0.2, 0) is 9.59 Å². The van der Waals surface area contributed by atoms with Crippen molar-refractivity contribution in [1.82, 2.24) is 9.80 Å². The first-order valence-electron chi connectivity index (χ1n) is 6.25. The number of nitrogens with zero attached hydrogens (tertiary/aromatic N) is 2. The molecule has 0 aliphatic carbocycles. The Bertz CT molecular complexity index is 232. The zero-order chi connectivity index (χ0) is 14.0. The maximum absolute atomic E-state index is 11.3. The molecule has 0 saturated heterocycles. The lowest BCUT2D eigenvalue weighted by Crippen LogP contribution is -2.40. The smallest absolute Gasteiger partial charge is 0.219 e. The van der Waals surface area contributed by atoms with E-state index in [1.807, 2.05) is 0 Å². The van der Waals surface area contributed by atoms with E-state index in [-0.39, 0.29) is 25.0 Å². The van der Waals surface area contributed by atoms with E-state index in [2.05, 4.69) is 0 Å². The average Bonchev–Trinajstić information content (AvgIpc) is 2.31. The first-order valence-corrected chi connectivity index (χ1v) is 6.25. The van der Waals surface area contributed by atoms with Crippen molar-refractivity contribution in [2.24, 2.45) is 0 Å². The standard InChI is InChI=1S/C12H24N2O4/c1-11(17)13(5-3-9-15)7-8-14(12(2)18)6-4-10-16/h15-16H,3-10H2,1-2H3. The first-order chi connectivity index (χ1) is 8.52. The van der Waals surface area contributed by atoms with Crippen LogP contribution in [0.4, 0.5) is 0 Å². The molecule has 2 N–H and O–H groups in total. The van der Waals surface area contributed by atoms with Crippen LogP contribution in [0, 0.1) is 0 Å². The lowest BCUT2D eigenvalue weighted by Gasteiger charge is -2.26. The van der Waals surface area contributed by atoms with Crippen molar-refractivity contribution < 1.29 is 19.8 Å². The highest BCUT2D eigenvalue weighted by Crippen LogP contribution is 1.97. The van der Waals surface area contributed by atoms with Gasteiger partial charge in [-0.2, -0.15) is 0 Å². The van der Waals surface area contributed by atoms with Crippen LogP contribution in [-0.4, -0.2) is 71.2 Å². The number of amides is 2. The van der Waals surface area contributed by atoms with Gasteiger partial charge in [0.25, 0.3) is 0 Å². The third kappa shape index (κ3) is 7.24. The molecular weight excluding hydrogens is 236 g/mol. The number of aliphatic hydroxyl groups excluding tert-OH is 2. The zero-order valence-electron chi connectivity index (χ0n) is 11.3. The number of hydrogen-bond acceptors (Lipinski definition) is 4. The Morgan fingerprint density at radius 3 is 1.33 bits per heavy atom. The molecule has 0 heterocycles. The highest BCUT2D eigenvalue weighted by Gasteiger charge is 2.12. The van der Waals surface area contributed by atoms with E-state index in [9.17, 15) is 9.59 Å². The van der Waals surface area contributed by atoms with Gasteiger partial charge in [-0.1, -0.05) is 0 Å². The summed E-state index contributed by atoms with van der Waals surface area (Å²) >= 11 is 0. The van der Waals surface area contributed by atoms with Crippen LogP contribution in [0.2, 0.25) is 0 Å². The topological polar surface area (TPSA) is 81.1 Å². The normalized spacial score (nSPS) is 10.2. The molecule has 0 aliphatic heterocycles. The maximum Gasteiger partial charge on any atom is 0.219 e. The summed E-state index contributed by atoms with van der Waals surface area (Å²) in [5, 5.41) is 17.5. The molecule has 0 unspecified atom stereocenters. The summed E-state index contributed by atoms with van der Waals surface area (Å²) < 4.78 is 0. The van der Waals surface area contributed by atoms with Crippen molar-refractivity contribution in [2.75, 3.05) is 39.4 Å². The second kappa shape index (κ2) is 9.85. The van der Waals surface area contributed by atoms with Crippen molar-refractivity contribution in [3.63, 3.8) is 0 Å². The van der Waals surface area contributed by atoms with E-state index >= 15 is 0 Å². The third-order valence-electron chi connectivity index (χ3n) is 2.70. The monoisotopic (exact) mass is 260 g/mol. The van der Waals surface area contributed by atoms with Crippen molar-refractivity contribution >= 4 is 11.8 Å². The predicted molar refractivity (Wildman–Crippen MR) is 67.9 cm³/mol. The fraction of sp³-hybridized carbons (Fsp3) is 0.833. The van der Waals surface area contributed by atoms with E-state index in [1.165, 1.54) is 13.8 Å². The summed E-state index contributed by atoms with van der Waals surface area (Å²) in [6, 6.07) is 0. The predicted octanol–water partition coefficient (Wildman–Crippen LogP) is -0.552. The number of carbonyl (C=O) groups is 2. The van der Waals surface area contributed by atoms with Gasteiger partial charge in [0.2, 0.25) is 11.8 Å². The number of rotatable bonds is 9. The summed E-state index contributed by atoms with van der Waals surface area (Å²) in [6.45, 7) is 4.96. The highest BCUT2D eigenvalue weighted by atomic mass is 16.3. The van der Waals surface area contributed by atoms with Gasteiger partial charge >= 0.3 is 0 Å². The molecule has 0 bridgehead atoms. The molecule has 0 aliphatic rings. The van der Waals surface area contributed by atoms with Crippen molar-refractivity contribution in [3.8, 4) is 0 Å². The Balaban J connectivity index is 4.18. The number of aliphatic hydroxyl groups is 2. The largest absolute Gasteiger partial charge is 0.396 e. The first kappa shape index (κ1) is 16.9. The molecule has 0 rings (SSSR count). The molecule has 6 nitrogen and oxygen atoms in total. The molecule has 0 aromatic carbocycles. The Hall–Kier alpha value is -1.14. The Kier molecular flexibility index (Phi) is 9.22. The molecule has 0 radical (unpaired) electrons. The molecule has 0 saturated carbocycles. The van der Waals surface area contributed by atoms with Crippen LogP contribution in [0.3, 0.4) is 0 Å². The summed E-state index contributed by atoms with van der Waals surface area (Å²) in [7, 11) is 0. The Labute approximate surface area is 108 Å². The van der Waals surface area contributed by atoms with Crippen LogP contribution in [0.15, 0.2) is 0 Å². The Morgan fingerprint density at radius 1 is 0.778 bits per heavy atom. The number of hydrogen-bond donors (Lipinski definition) is 2. The molecule has 18 heavy (non-hydrogen) atoms. The minimum Gasteiger partial charge on any atom is -0.396 e. The van der Waals surface area contributed by atoms with Gasteiger partial charge in [0.05, 0.1) is 0 Å². The molecule has 0 spiro atoms. The molecule has 0 aromatic rings. The van der Waals surface area contributed by atoms with E-state index in [0.717, 1.165) is 0 Å². The van der Waals surface area contributed by atoms with Crippen LogP contribution >= 0.6 is 0 Å². The van der Waals surface area contributed by atoms with Gasteiger partial charge < -0.3 is 20.0 Å². The summed E-state index contributed by atoms with van der Waals surface area (Å²) in [5.41, 5.74) is 0. The summed E-state index contributed by atoms with van der Waals surface area (Å²) in [5.74, 6) is -0.122. The molecule has 106 valence electrons. The lowest BCUT2D eigenvalue weighted by molar-refractivity contribution is -0.133. The molecule has 2 amide bonds.